The zero-order valence-electron chi connectivity index (χ0n) is 15.9. The van der Waals surface area contributed by atoms with Crippen LogP contribution < -0.4 is 10.9 Å². The van der Waals surface area contributed by atoms with Crippen LogP contribution in [0.4, 0.5) is 5.69 Å². The van der Waals surface area contributed by atoms with Crippen molar-refractivity contribution >= 4 is 32.7 Å². The highest BCUT2D eigenvalue weighted by molar-refractivity contribution is 7.89. The van der Waals surface area contributed by atoms with E-state index < -0.39 is 15.9 Å². The van der Waals surface area contributed by atoms with Crippen molar-refractivity contribution in [1.29, 1.82) is 0 Å². The van der Waals surface area contributed by atoms with E-state index in [4.69, 9.17) is 0 Å². The summed E-state index contributed by atoms with van der Waals surface area (Å²) < 4.78 is 28.3. The maximum Gasteiger partial charge on any atom is 0.264 e. The number of carbonyl (C=O) groups excluding carboxylic acids is 1. The number of anilines is 1. The Morgan fingerprint density at radius 2 is 2.00 bits per heavy atom. The second-order valence-electron chi connectivity index (χ2n) is 6.50. The van der Waals surface area contributed by atoms with Gasteiger partial charge >= 0.3 is 0 Å². The predicted octanol–water partition coefficient (Wildman–Crippen LogP) is 0.327. The highest BCUT2D eigenvalue weighted by Crippen LogP contribution is 2.22. The first-order chi connectivity index (χ1) is 13.1. The molecule has 1 amide bonds. The molecule has 10 nitrogen and oxygen atoms in total. The Kier molecular flexibility index (Phi) is 5.04. The lowest BCUT2D eigenvalue weighted by atomic mass is 10.2. The van der Waals surface area contributed by atoms with Crippen LogP contribution in [0.3, 0.4) is 0 Å². The molecule has 0 saturated carbocycles. The lowest BCUT2D eigenvalue weighted by Gasteiger charge is -2.14. The first-order valence-corrected chi connectivity index (χ1v) is 9.75. The van der Waals surface area contributed by atoms with Gasteiger partial charge in [0.1, 0.15) is 18.3 Å². The zero-order chi connectivity index (χ0) is 20.6. The molecule has 0 unspecified atom stereocenters. The van der Waals surface area contributed by atoms with Crippen LogP contribution in [0.5, 0.6) is 0 Å². The topological polar surface area (TPSA) is 119 Å². The number of amides is 1. The van der Waals surface area contributed by atoms with Gasteiger partial charge in [0.25, 0.3) is 5.56 Å². The maximum absolute atomic E-state index is 12.5. The lowest BCUT2D eigenvalue weighted by molar-refractivity contribution is -0.116. The van der Waals surface area contributed by atoms with Crippen LogP contribution in [0, 0.1) is 6.92 Å². The fraction of sp³-hybridized carbons (Fsp3) is 0.294. The molecule has 3 rings (SSSR count). The van der Waals surface area contributed by atoms with Gasteiger partial charge in [-0.15, -0.1) is 0 Å². The normalized spacial score (nSPS) is 11.9. The summed E-state index contributed by atoms with van der Waals surface area (Å²) >= 11 is 0. The van der Waals surface area contributed by atoms with E-state index in [0.717, 1.165) is 4.31 Å². The van der Waals surface area contributed by atoms with Gasteiger partial charge in [-0.05, 0) is 24.6 Å². The Labute approximate surface area is 161 Å². The summed E-state index contributed by atoms with van der Waals surface area (Å²) in [6.07, 6.45) is 2.69. The summed E-state index contributed by atoms with van der Waals surface area (Å²) in [5.74, 6) is -0.477. The Hall–Kier alpha value is -3.05. The molecule has 11 heteroatoms. The van der Waals surface area contributed by atoms with Gasteiger partial charge in [-0.1, -0.05) is 6.07 Å². The minimum atomic E-state index is -3.63. The lowest BCUT2D eigenvalue weighted by Crippen LogP contribution is -2.28. The molecule has 0 aliphatic heterocycles. The number of benzene rings is 1. The molecule has 0 atom stereocenters. The third-order valence-electron chi connectivity index (χ3n) is 4.29. The maximum atomic E-state index is 12.5. The number of rotatable bonds is 5. The standard InChI is InChI=1S/C17H20N6O4S/c1-11-5-6-12(28(26,27)21(2)3)7-14(11)20-15(24)9-23-10-18-16-13(17(23)25)8-19-22(16)4/h5-8,10H,9H2,1-4H3,(H,20,24). The number of nitrogens with zero attached hydrogens (tertiary/aromatic N) is 5. The van der Waals surface area contributed by atoms with Crippen molar-refractivity contribution in [3.8, 4) is 0 Å². The summed E-state index contributed by atoms with van der Waals surface area (Å²) in [5.41, 5.74) is 1.10. The predicted molar refractivity (Wildman–Crippen MR) is 103 cm³/mol. The summed E-state index contributed by atoms with van der Waals surface area (Å²) in [7, 11) is 0.902. The van der Waals surface area contributed by atoms with E-state index in [-0.39, 0.29) is 17.0 Å². The van der Waals surface area contributed by atoms with Gasteiger partial charge in [0.2, 0.25) is 15.9 Å². The van der Waals surface area contributed by atoms with E-state index in [1.807, 2.05) is 0 Å². The molecular weight excluding hydrogens is 384 g/mol. The third kappa shape index (κ3) is 3.53. The fourth-order valence-corrected chi connectivity index (χ4v) is 3.56. The molecule has 2 heterocycles. The van der Waals surface area contributed by atoms with Gasteiger partial charge in [0, 0.05) is 26.8 Å². The van der Waals surface area contributed by atoms with E-state index in [1.165, 1.54) is 48.0 Å². The molecule has 0 radical (unpaired) electrons. The summed E-state index contributed by atoms with van der Waals surface area (Å²) in [6.45, 7) is 1.48. The molecule has 0 saturated heterocycles. The quantitative estimate of drug-likeness (QED) is 0.654. The first kappa shape index (κ1) is 19.7. The average molecular weight is 404 g/mol. The molecule has 2 aromatic heterocycles. The number of aromatic nitrogens is 4. The SMILES string of the molecule is Cc1ccc(S(=O)(=O)N(C)C)cc1NC(=O)Cn1cnc2c(cnn2C)c1=O. The van der Waals surface area contributed by atoms with Crippen LogP contribution in [-0.4, -0.2) is 52.1 Å². The number of carbonyl (C=O) groups is 1. The van der Waals surface area contributed by atoms with Crippen LogP contribution in [0.2, 0.25) is 0 Å². The number of hydrogen-bond acceptors (Lipinski definition) is 6. The second kappa shape index (κ2) is 7.17. The van der Waals surface area contributed by atoms with Crippen molar-refractivity contribution in [2.45, 2.75) is 18.4 Å². The van der Waals surface area contributed by atoms with Crippen molar-refractivity contribution in [3.05, 3.63) is 46.6 Å². The third-order valence-corrected chi connectivity index (χ3v) is 6.10. The number of aryl methyl sites for hydroxylation is 2. The Balaban J connectivity index is 1.86. The molecule has 0 spiro atoms. The Bertz CT molecular complexity index is 1230. The highest BCUT2D eigenvalue weighted by Gasteiger charge is 2.19. The summed E-state index contributed by atoms with van der Waals surface area (Å²) in [5, 5.41) is 6.96. The van der Waals surface area contributed by atoms with E-state index in [9.17, 15) is 18.0 Å². The molecule has 1 N–H and O–H groups in total. The van der Waals surface area contributed by atoms with Crippen molar-refractivity contribution < 1.29 is 13.2 Å². The van der Waals surface area contributed by atoms with Crippen LogP contribution in [0.25, 0.3) is 11.0 Å². The second-order valence-corrected chi connectivity index (χ2v) is 8.65. The highest BCUT2D eigenvalue weighted by atomic mass is 32.2. The van der Waals surface area contributed by atoms with Gasteiger partial charge in [0.05, 0.1) is 11.1 Å². The molecular formula is C17H20N6O4S. The minimum absolute atomic E-state index is 0.0639. The molecule has 3 aromatic rings. The first-order valence-electron chi connectivity index (χ1n) is 8.31. The number of fused-ring (bicyclic) bond motifs is 1. The Morgan fingerprint density at radius 3 is 2.68 bits per heavy atom. The molecule has 0 aliphatic carbocycles. The smallest absolute Gasteiger partial charge is 0.264 e. The van der Waals surface area contributed by atoms with Gasteiger partial charge in [0.15, 0.2) is 5.65 Å². The monoisotopic (exact) mass is 404 g/mol. The zero-order valence-corrected chi connectivity index (χ0v) is 16.7. The van der Waals surface area contributed by atoms with Gasteiger partial charge < -0.3 is 5.32 Å². The average Bonchev–Trinajstić information content (AvgIpc) is 3.00. The fourth-order valence-electron chi connectivity index (χ4n) is 2.63. The van der Waals surface area contributed by atoms with Gasteiger partial charge in [-0.3, -0.25) is 18.8 Å². The molecule has 1 aromatic carbocycles. The van der Waals surface area contributed by atoms with Crippen molar-refractivity contribution in [2.24, 2.45) is 7.05 Å². The summed E-state index contributed by atoms with van der Waals surface area (Å²) in [4.78, 5) is 29.1. The van der Waals surface area contributed by atoms with Crippen LogP contribution in [0.15, 0.2) is 40.4 Å². The molecule has 0 fully saturated rings. The number of sulfonamides is 1. The van der Waals surface area contributed by atoms with Crippen LogP contribution in [0.1, 0.15) is 5.56 Å². The summed E-state index contributed by atoms with van der Waals surface area (Å²) in [6, 6.07) is 4.49. The number of hydrogen-bond donors (Lipinski definition) is 1. The van der Waals surface area contributed by atoms with E-state index in [2.05, 4.69) is 15.4 Å². The van der Waals surface area contributed by atoms with Gasteiger partial charge in [-0.2, -0.15) is 5.10 Å². The molecule has 0 aliphatic rings. The van der Waals surface area contributed by atoms with Crippen molar-refractivity contribution in [3.63, 3.8) is 0 Å². The van der Waals surface area contributed by atoms with E-state index >= 15 is 0 Å². The number of nitrogens with one attached hydrogen (secondary N) is 1. The van der Waals surface area contributed by atoms with Crippen LogP contribution >= 0.6 is 0 Å². The largest absolute Gasteiger partial charge is 0.324 e. The van der Waals surface area contributed by atoms with Gasteiger partial charge in [-0.25, -0.2) is 17.7 Å². The van der Waals surface area contributed by atoms with Crippen molar-refractivity contribution in [1.82, 2.24) is 23.6 Å². The molecule has 0 bridgehead atoms. The van der Waals surface area contributed by atoms with Crippen molar-refractivity contribution in [2.75, 3.05) is 19.4 Å². The molecule has 148 valence electrons. The van der Waals surface area contributed by atoms with Crippen LogP contribution in [-0.2, 0) is 28.4 Å². The minimum Gasteiger partial charge on any atom is -0.324 e. The molecule has 28 heavy (non-hydrogen) atoms. The van der Waals surface area contributed by atoms with E-state index in [0.29, 0.717) is 22.3 Å². The van der Waals surface area contributed by atoms with E-state index in [1.54, 1.807) is 20.0 Å². The Morgan fingerprint density at radius 1 is 1.29 bits per heavy atom.